The number of nitrogens with zero attached hydrogens (tertiary/aromatic N) is 2. The van der Waals surface area contributed by atoms with Crippen molar-refractivity contribution in [3.63, 3.8) is 0 Å². The van der Waals surface area contributed by atoms with Crippen LogP contribution in [0.15, 0.2) is 36.5 Å². The Labute approximate surface area is 125 Å². The van der Waals surface area contributed by atoms with Crippen molar-refractivity contribution in [2.75, 3.05) is 6.61 Å². The van der Waals surface area contributed by atoms with Gasteiger partial charge in [0.2, 0.25) is 0 Å². The van der Waals surface area contributed by atoms with Crippen molar-refractivity contribution in [1.82, 2.24) is 9.78 Å². The first-order valence-electron chi connectivity index (χ1n) is 6.98. The average molecular weight is 293 g/mol. The van der Waals surface area contributed by atoms with Crippen molar-refractivity contribution >= 4 is 11.6 Å². The SMILES string of the molecule is CC(C)n1ccc(CC(CO)Cc2ccc(Cl)cc2)n1. The van der Waals surface area contributed by atoms with Gasteiger partial charge in [-0.3, -0.25) is 4.68 Å². The fraction of sp³-hybridized carbons (Fsp3) is 0.438. The van der Waals surface area contributed by atoms with Crippen LogP contribution >= 0.6 is 11.6 Å². The fourth-order valence-corrected chi connectivity index (χ4v) is 2.35. The van der Waals surface area contributed by atoms with Crippen LogP contribution in [0.1, 0.15) is 31.1 Å². The molecule has 1 aromatic carbocycles. The summed E-state index contributed by atoms with van der Waals surface area (Å²) in [7, 11) is 0. The second-order valence-corrected chi connectivity index (χ2v) is 5.90. The van der Waals surface area contributed by atoms with Gasteiger partial charge < -0.3 is 5.11 Å². The summed E-state index contributed by atoms with van der Waals surface area (Å²) >= 11 is 5.88. The molecule has 0 saturated heterocycles. The van der Waals surface area contributed by atoms with E-state index in [1.165, 1.54) is 5.56 Å². The summed E-state index contributed by atoms with van der Waals surface area (Å²) in [4.78, 5) is 0. The lowest BCUT2D eigenvalue weighted by atomic mass is 9.96. The molecule has 0 bridgehead atoms. The topological polar surface area (TPSA) is 38.0 Å². The highest BCUT2D eigenvalue weighted by molar-refractivity contribution is 6.30. The Morgan fingerprint density at radius 3 is 2.40 bits per heavy atom. The minimum atomic E-state index is 0.164. The molecular weight excluding hydrogens is 272 g/mol. The van der Waals surface area contributed by atoms with E-state index in [0.717, 1.165) is 23.6 Å². The molecule has 20 heavy (non-hydrogen) atoms. The van der Waals surface area contributed by atoms with Gasteiger partial charge >= 0.3 is 0 Å². The van der Waals surface area contributed by atoms with Gasteiger partial charge in [0.1, 0.15) is 0 Å². The van der Waals surface area contributed by atoms with E-state index in [1.54, 1.807) is 0 Å². The van der Waals surface area contributed by atoms with Crippen LogP contribution in [-0.2, 0) is 12.8 Å². The van der Waals surface area contributed by atoms with Crippen LogP contribution in [-0.4, -0.2) is 21.5 Å². The Morgan fingerprint density at radius 2 is 1.85 bits per heavy atom. The zero-order valence-corrected chi connectivity index (χ0v) is 12.7. The first-order chi connectivity index (χ1) is 9.58. The summed E-state index contributed by atoms with van der Waals surface area (Å²) in [6.45, 7) is 4.37. The monoisotopic (exact) mass is 292 g/mol. The molecule has 1 aromatic heterocycles. The first-order valence-corrected chi connectivity index (χ1v) is 7.35. The lowest BCUT2D eigenvalue weighted by molar-refractivity contribution is 0.224. The minimum Gasteiger partial charge on any atom is -0.396 e. The lowest BCUT2D eigenvalue weighted by Crippen LogP contribution is -2.14. The number of benzene rings is 1. The average Bonchev–Trinajstić information content (AvgIpc) is 2.89. The number of hydrogen-bond acceptors (Lipinski definition) is 2. The van der Waals surface area contributed by atoms with Crippen molar-refractivity contribution in [1.29, 1.82) is 0 Å². The first kappa shape index (κ1) is 15.1. The summed E-state index contributed by atoms with van der Waals surface area (Å²) in [6, 6.07) is 10.2. The standard InChI is InChI=1S/C16H21ClN2O/c1-12(2)19-8-7-16(18-19)10-14(11-20)9-13-3-5-15(17)6-4-13/h3-8,12,14,20H,9-11H2,1-2H3. The molecule has 0 radical (unpaired) electrons. The van der Waals surface area contributed by atoms with Gasteiger partial charge in [0.25, 0.3) is 0 Å². The summed E-state index contributed by atoms with van der Waals surface area (Å²) in [5.74, 6) is 0.187. The van der Waals surface area contributed by atoms with Crippen LogP contribution in [0.25, 0.3) is 0 Å². The predicted octanol–water partition coefficient (Wildman–Crippen LogP) is 3.51. The van der Waals surface area contributed by atoms with Crippen LogP contribution in [0.5, 0.6) is 0 Å². The van der Waals surface area contributed by atoms with Crippen LogP contribution in [0.3, 0.4) is 0 Å². The molecule has 1 N–H and O–H groups in total. The summed E-state index contributed by atoms with van der Waals surface area (Å²) < 4.78 is 1.95. The molecule has 0 fully saturated rings. The number of rotatable bonds is 6. The molecule has 0 aliphatic carbocycles. The van der Waals surface area contributed by atoms with Crippen LogP contribution in [0, 0.1) is 5.92 Å². The van der Waals surface area contributed by atoms with Crippen molar-refractivity contribution in [2.45, 2.75) is 32.7 Å². The molecule has 108 valence electrons. The van der Waals surface area contributed by atoms with Gasteiger partial charge in [-0.15, -0.1) is 0 Å². The van der Waals surface area contributed by atoms with Gasteiger partial charge in [-0.2, -0.15) is 5.10 Å². The third kappa shape index (κ3) is 4.09. The van der Waals surface area contributed by atoms with E-state index >= 15 is 0 Å². The number of aliphatic hydroxyl groups excluding tert-OH is 1. The molecule has 3 nitrogen and oxygen atoms in total. The van der Waals surface area contributed by atoms with Crippen LogP contribution in [0.2, 0.25) is 5.02 Å². The highest BCUT2D eigenvalue weighted by Crippen LogP contribution is 2.16. The molecule has 1 atom stereocenters. The molecule has 0 aliphatic rings. The molecule has 2 aromatic rings. The maximum atomic E-state index is 9.56. The zero-order chi connectivity index (χ0) is 14.5. The van der Waals surface area contributed by atoms with E-state index < -0.39 is 0 Å². The minimum absolute atomic E-state index is 0.164. The Kier molecular flexibility index (Phi) is 5.21. The Morgan fingerprint density at radius 1 is 1.15 bits per heavy atom. The largest absolute Gasteiger partial charge is 0.396 e. The Hall–Kier alpha value is -1.32. The van der Waals surface area contributed by atoms with E-state index in [-0.39, 0.29) is 12.5 Å². The number of aliphatic hydroxyl groups is 1. The maximum Gasteiger partial charge on any atom is 0.0628 e. The van der Waals surface area contributed by atoms with Gasteiger partial charge in [-0.05, 0) is 56.4 Å². The van der Waals surface area contributed by atoms with Crippen LogP contribution < -0.4 is 0 Å². The Balaban J connectivity index is 1.99. The van der Waals surface area contributed by atoms with Gasteiger partial charge in [0, 0.05) is 23.9 Å². The molecule has 1 unspecified atom stereocenters. The molecule has 2 rings (SSSR count). The Bertz CT molecular complexity index is 534. The highest BCUT2D eigenvalue weighted by atomic mass is 35.5. The zero-order valence-electron chi connectivity index (χ0n) is 12.0. The van der Waals surface area contributed by atoms with Gasteiger partial charge in [0.15, 0.2) is 0 Å². The van der Waals surface area contributed by atoms with E-state index in [4.69, 9.17) is 11.6 Å². The van der Waals surface area contributed by atoms with Crippen molar-refractivity contribution in [3.8, 4) is 0 Å². The van der Waals surface area contributed by atoms with Crippen LogP contribution in [0.4, 0.5) is 0 Å². The van der Waals surface area contributed by atoms with Crippen molar-refractivity contribution in [2.24, 2.45) is 5.92 Å². The smallest absolute Gasteiger partial charge is 0.0628 e. The number of halogens is 1. The molecule has 4 heteroatoms. The predicted molar refractivity (Wildman–Crippen MR) is 82.0 cm³/mol. The second kappa shape index (κ2) is 6.91. The normalized spacial score (nSPS) is 12.8. The van der Waals surface area contributed by atoms with Crippen molar-refractivity contribution < 1.29 is 5.11 Å². The van der Waals surface area contributed by atoms with Gasteiger partial charge in [-0.1, -0.05) is 23.7 Å². The summed E-state index contributed by atoms with van der Waals surface area (Å²) in [5.41, 5.74) is 2.23. The van der Waals surface area contributed by atoms with E-state index in [2.05, 4.69) is 18.9 Å². The lowest BCUT2D eigenvalue weighted by Gasteiger charge is -2.13. The molecular formula is C16H21ClN2O. The summed E-state index contributed by atoms with van der Waals surface area (Å²) in [5, 5.41) is 14.8. The third-order valence-electron chi connectivity index (χ3n) is 3.39. The number of hydrogen-bond donors (Lipinski definition) is 1. The molecule has 0 spiro atoms. The molecule has 0 amide bonds. The van der Waals surface area contributed by atoms with Gasteiger partial charge in [0.05, 0.1) is 5.69 Å². The fourth-order valence-electron chi connectivity index (χ4n) is 2.22. The van der Waals surface area contributed by atoms with E-state index in [9.17, 15) is 5.11 Å². The summed E-state index contributed by atoms with van der Waals surface area (Å²) in [6.07, 6.45) is 3.62. The third-order valence-corrected chi connectivity index (χ3v) is 3.64. The highest BCUT2D eigenvalue weighted by Gasteiger charge is 2.12. The maximum absolute atomic E-state index is 9.56. The second-order valence-electron chi connectivity index (χ2n) is 5.46. The van der Waals surface area contributed by atoms with Crippen molar-refractivity contribution in [3.05, 3.63) is 52.8 Å². The quantitative estimate of drug-likeness (QED) is 0.885. The van der Waals surface area contributed by atoms with E-state index in [0.29, 0.717) is 6.04 Å². The van der Waals surface area contributed by atoms with E-state index in [1.807, 2.05) is 41.2 Å². The molecule has 0 aliphatic heterocycles. The molecule has 1 heterocycles. The molecule has 0 saturated carbocycles. The number of aromatic nitrogens is 2. The van der Waals surface area contributed by atoms with Gasteiger partial charge in [-0.25, -0.2) is 0 Å².